The zero-order chi connectivity index (χ0) is 12.3. The number of hydrogen-bond acceptors (Lipinski definition) is 5. The molecule has 1 atom stereocenters. The van der Waals surface area contributed by atoms with Gasteiger partial charge in [-0.25, -0.2) is 4.98 Å². The second kappa shape index (κ2) is 5.33. The number of aromatic nitrogens is 1. The van der Waals surface area contributed by atoms with Gasteiger partial charge in [-0.1, -0.05) is 6.92 Å². The van der Waals surface area contributed by atoms with E-state index >= 15 is 0 Å². The maximum Gasteiger partial charge on any atom is 0.185 e. The lowest BCUT2D eigenvalue weighted by atomic mass is 10.0. The normalized spacial score (nSPS) is 21.5. The number of β-amino-alcohol motifs (C(OH)–C–C–N with tert-alkyl or cyclic N) is 1. The molecule has 1 aromatic heterocycles. The third kappa shape index (κ3) is 3.40. The van der Waals surface area contributed by atoms with Crippen molar-refractivity contribution in [2.45, 2.75) is 25.9 Å². The highest BCUT2D eigenvalue weighted by molar-refractivity contribution is 7.13. The van der Waals surface area contributed by atoms with Gasteiger partial charge in [-0.2, -0.15) is 0 Å². The van der Waals surface area contributed by atoms with E-state index in [-0.39, 0.29) is 0 Å². The highest BCUT2D eigenvalue weighted by atomic mass is 32.1. The molecule has 1 fully saturated rings. The molecule has 96 valence electrons. The predicted molar refractivity (Wildman–Crippen MR) is 71.7 cm³/mol. The maximum atomic E-state index is 10.1. The average molecular weight is 255 g/mol. The van der Waals surface area contributed by atoms with E-state index in [0.717, 1.165) is 44.3 Å². The number of piperazine rings is 1. The van der Waals surface area contributed by atoms with Crippen LogP contribution in [0.4, 0.5) is 5.13 Å². The van der Waals surface area contributed by atoms with Crippen LogP contribution in [0.1, 0.15) is 20.3 Å². The molecule has 1 saturated heterocycles. The minimum absolute atomic E-state index is 0.552. The molecule has 1 aliphatic rings. The zero-order valence-electron chi connectivity index (χ0n) is 10.6. The van der Waals surface area contributed by atoms with Crippen molar-refractivity contribution in [1.29, 1.82) is 0 Å². The summed E-state index contributed by atoms with van der Waals surface area (Å²) in [7, 11) is 0. The van der Waals surface area contributed by atoms with Gasteiger partial charge in [-0.05, 0) is 13.3 Å². The first-order chi connectivity index (χ1) is 8.11. The van der Waals surface area contributed by atoms with Gasteiger partial charge >= 0.3 is 0 Å². The van der Waals surface area contributed by atoms with Crippen LogP contribution in [0.25, 0.3) is 0 Å². The van der Waals surface area contributed by atoms with Crippen LogP contribution in [0.5, 0.6) is 0 Å². The molecule has 2 rings (SSSR count). The van der Waals surface area contributed by atoms with Crippen molar-refractivity contribution in [3.63, 3.8) is 0 Å². The summed E-state index contributed by atoms with van der Waals surface area (Å²) in [4.78, 5) is 8.99. The minimum atomic E-state index is -0.552. The van der Waals surface area contributed by atoms with Gasteiger partial charge in [0.25, 0.3) is 0 Å². The second-order valence-corrected chi connectivity index (χ2v) is 5.80. The first kappa shape index (κ1) is 12.8. The molecule has 2 heterocycles. The van der Waals surface area contributed by atoms with Gasteiger partial charge in [0.2, 0.25) is 0 Å². The minimum Gasteiger partial charge on any atom is -0.389 e. The van der Waals surface area contributed by atoms with Crippen molar-refractivity contribution in [2.24, 2.45) is 0 Å². The summed E-state index contributed by atoms with van der Waals surface area (Å²) in [6.07, 6.45) is 2.66. The Hall–Kier alpha value is -0.650. The molecule has 0 aromatic carbocycles. The standard InChI is InChI=1S/C12H21N3OS/c1-3-12(2,16)10-14-5-7-15(8-6-14)11-13-4-9-17-11/h4,9,16H,3,5-8,10H2,1-2H3/t12-/m0/s1. The van der Waals surface area contributed by atoms with Crippen LogP contribution in [0.15, 0.2) is 11.6 Å². The number of rotatable bonds is 4. The molecule has 0 amide bonds. The molecule has 1 N–H and O–H groups in total. The average Bonchev–Trinajstić information content (AvgIpc) is 2.83. The molecule has 0 spiro atoms. The Morgan fingerprint density at radius 2 is 2.12 bits per heavy atom. The van der Waals surface area contributed by atoms with Crippen LogP contribution in [0, 0.1) is 0 Å². The van der Waals surface area contributed by atoms with E-state index in [2.05, 4.69) is 14.8 Å². The van der Waals surface area contributed by atoms with Crippen molar-refractivity contribution in [3.05, 3.63) is 11.6 Å². The molecule has 1 aromatic rings. The predicted octanol–water partition coefficient (Wildman–Crippen LogP) is 1.43. The number of anilines is 1. The Bertz CT molecular complexity index is 332. The van der Waals surface area contributed by atoms with Gasteiger partial charge in [-0.15, -0.1) is 11.3 Å². The second-order valence-electron chi connectivity index (χ2n) is 4.93. The summed E-state index contributed by atoms with van der Waals surface area (Å²) in [5, 5.41) is 13.2. The lowest BCUT2D eigenvalue weighted by Crippen LogP contribution is -2.51. The molecule has 4 nitrogen and oxygen atoms in total. The van der Waals surface area contributed by atoms with Crippen LogP contribution in [0.3, 0.4) is 0 Å². The molecule has 17 heavy (non-hydrogen) atoms. The largest absolute Gasteiger partial charge is 0.389 e. The van der Waals surface area contributed by atoms with Crippen molar-refractivity contribution in [3.8, 4) is 0 Å². The molecule has 0 radical (unpaired) electrons. The molecular formula is C12H21N3OS. The fourth-order valence-corrected chi connectivity index (χ4v) is 2.76. The van der Waals surface area contributed by atoms with Gasteiger partial charge in [-0.3, -0.25) is 4.90 Å². The van der Waals surface area contributed by atoms with Crippen molar-refractivity contribution in [1.82, 2.24) is 9.88 Å². The molecule has 0 bridgehead atoms. The third-order valence-corrected chi connectivity index (χ3v) is 4.22. The molecule has 0 aliphatic carbocycles. The maximum absolute atomic E-state index is 10.1. The topological polar surface area (TPSA) is 39.6 Å². The van der Waals surface area contributed by atoms with Gasteiger partial charge in [0, 0.05) is 44.3 Å². The van der Waals surface area contributed by atoms with Crippen LogP contribution in [0.2, 0.25) is 0 Å². The Kier molecular flexibility index (Phi) is 4.01. The van der Waals surface area contributed by atoms with Crippen molar-refractivity contribution >= 4 is 16.5 Å². The van der Waals surface area contributed by atoms with Crippen LogP contribution < -0.4 is 4.90 Å². The first-order valence-electron chi connectivity index (χ1n) is 6.20. The van der Waals surface area contributed by atoms with E-state index in [9.17, 15) is 5.11 Å². The number of aliphatic hydroxyl groups is 1. The van der Waals surface area contributed by atoms with E-state index in [0.29, 0.717) is 0 Å². The highest BCUT2D eigenvalue weighted by Gasteiger charge is 2.25. The molecule has 1 aliphatic heterocycles. The number of nitrogens with zero attached hydrogens (tertiary/aromatic N) is 3. The monoisotopic (exact) mass is 255 g/mol. The van der Waals surface area contributed by atoms with Gasteiger partial charge in [0.05, 0.1) is 5.60 Å². The van der Waals surface area contributed by atoms with Gasteiger partial charge in [0.15, 0.2) is 5.13 Å². The van der Waals surface area contributed by atoms with Gasteiger partial charge < -0.3 is 10.0 Å². The van der Waals surface area contributed by atoms with E-state index in [1.54, 1.807) is 11.3 Å². The Morgan fingerprint density at radius 3 is 2.65 bits per heavy atom. The van der Waals surface area contributed by atoms with E-state index in [1.807, 2.05) is 25.4 Å². The molecule has 5 heteroatoms. The van der Waals surface area contributed by atoms with E-state index < -0.39 is 5.60 Å². The van der Waals surface area contributed by atoms with Crippen LogP contribution in [-0.4, -0.2) is 53.3 Å². The smallest absolute Gasteiger partial charge is 0.185 e. The van der Waals surface area contributed by atoms with Crippen molar-refractivity contribution in [2.75, 3.05) is 37.6 Å². The fraction of sp³-hybridized carbons (Fsp3) is 0.750. The van der Waals surface area contributed by atoms with Crippen molar-refractivity contribution < 1.29 is 5.11 Å². The van der Waals surface area contributed by atoms with Crippen LogP contribution in [-0.2, 0) is 0 Å². The highest BCUT2D eigenvalue weighted by Crippen LogP contribution is 2.20. The summed E-state index contributed by atoms with van der Waals surface area (Å²) < 4.78 is 0. The summed E-state index contributed by atoms with van der Waals surface area (Å²) in [6, 6.07) is 0. The van der Waals surface area contributed by atoms with Crippen LogP contribution >= 0.6 is 11.3 Å². The Morgan fingerprint density at radius 1 is 1.41 bits per heavy atom. The lowest BCUT2D eigenvalue weighted by molar-refractivity contribution is 0.0149. The SMILES string of the molecule is CC[C@](C)(O)CN1CCN(c2nccs2)CC1. The lowest BCUT2D eigenvalue weighted by Gasteiger charge is -2.37. The first-order valence-corrected chi connectivity index (χ1v) is 7.08. The Labute approximate surface area is 107 Å². The summed E-state index contributed by atoms with van der Waals surface area (Å²) >= 11 is 1.70. The fourth-order valence-electron chi connectivity index (χ4n) is 2.06. The molecular weight excluding hydrogens is 234 g/mol. The quantitative estimate of drug-likeness (QED) is 0.883. The van der Waals surface area contributed by atoms with E-state index in [1.165, 1.54) is 0 Å². The number of hydrogen-bond donors (Lipinski definition) is 1. The summed E-state index contributed by atoms with van der Waals surface area (Å²) in [5.74, 6) is 0. The summed E-state index contributed by atoms with van der Waals surface area (Å²) in [5.41, 5.74) is -0.552. The Balaban J connectivity index is 1.82. The summed E-state index contributed by atoms with van der Waals surface area (Å²) in [6.45, 7) is 8.76. The molecule has 0 saturated carbocycles. The van der Waals surface area contributed by atoms with E-state index in [4.69, 9.17) is 0 Å². The number of thiazole rings is 1. The molecule has 0 unspecified atom stereocenters. The third-order valence-electron chi connectivity index (χ3n) is 3.39. The van der Waals surface area contributed by atoms with Gasteiger partial charge in [0.1, 0.15) is 0 Å². The zero-order valence-corrected chi connectivity index (χ0v) is 11.4.